The van der Waals surface area contributed by atoms with E-state index in [-0.39, 0.29) is 12.5 Å². The van der Waals surface area contributed by atoms with E-state index in [4.69, 9.17) is 9.84 Å². The Morgan fingerprint density at radius 3 is 2.91 bits per heavy atom. The summed E-state index contributed by atoms with van der Waals surface area (Å²) in [6, 6.07) is 10.6. The lowest BCUT2D eigenvalue weighted by atomic mass is 10.2. The molecule has 2 aromatic rings. The van der Waals surface area contributed by atoms with Gasteiger partial charge in [0.15, 0.2) is 0 Å². The number of amides is 1. The van der Waals surface area contributed by atoms with Crippen LogP contribution < -0.4 is 15.4 Å². The Kier molecular flexibility index (Phi) is 6.38. The molecular formula is C17H21N3O3. The van der Waals surface area contributed by atoms with Gasteiger partial charge in [0.25, 0.3) is 5.91 Å². The van der Waals surface area contributed by atoms with Gasteiger partial charge in [-0.2, -0.15) is 0 Å². The molecule has 122 valence electrons. The third-order valence-corrected chi connectivity index (χ3v) is 3.26. The molecule has 0 bridgehead atoms. The minimum Gasteiger partial charge on any atom is -0.497 e. The Balaban J connectivity index is 2.06. The lowest BCUT2D eigenvalue weighted by molar-refractivity contribution is 0.102. The van der Waals surface area contributed by atoms with Gasteiger partial charge in [-0.3, -0.25) is 4.79 Å². The lowest BCUT2D eigenvalue weighted by Gasteiger charge is -2.11. The van der Waals surface area contributed by atoms with Crippen molar-refractivity contribution in [3.63, 3.8) is 0 Å². The highest BCUT2D eigenvalue weighted by Gasteiger charge is 2.12. The number of ether oxygens (including phenoxy) is 1. The van der Waals surface area contributed by atoms with E-state index < -0.39 is 0 Å². The van der Waals surface area contributed by atoms with Crippen molar-refractivity contribution in [1.82, 2.24) is 4.98 Å². The molecule has 0 fully saturated rings. The normalized spacial score (nSPS) is 10.2. The molecule has 0 aliphatic heterocycles. The van der Waals surface area contributed by atoms with E-state index >= 15 is 0 Å². The fraction of sp³-hybridized carbons (Fsp3) is 0.294. The molecule has 2 rings (SSSR count). The van der Waals surface area contributed by atoms with Crippen LogP contribution in [0.3, 0.4) is 0 Å². The molecule has 0 atom stereocenters. The van der Waals surface area contributed by atoms with Gasteiger partial charge >= 0.3 is 0 Å². The molecule has 6 nitrogen and oxygen atoms in total. The summed E-state index contributed by atoms with van der Waals surface area (Å²) in [6.07, 6.45) is 3.16. The largest absolute Gasteiger partial charge is 0.497 e. The van der Waals surface area contributed by atoms with Crippen molar-refractivity contribution in [2.45, 2.75) is 12.8 Å². The van der Waals surface area contributed by atoms with Crippen molar-refractivity contribution in [2.75, 3.05) is 30.9 Å². The van der Waals surface area contributed by atoms with Gasteiger partial charge in [-0.05, 0) is 37.1 Å². The topological polar surface area (TPSA) is 83.5 Å². The molecule has 0 aliphatic rings. The highest BCUT2D eigenvalue weighted by atomic mass is 16.5. The molecule has 1 amide bonds. The van der Waals surface area contributed by atoms with Crippen LogP contribution in [0.1, 0.15) is 23.2 Å². The molecule has 0 saturated carbocycles. The van der Waals surface area contributed by atoms with Gasteiger partial charge in [0.05, 0.1) is 12.7 Å². The first-order chi connectivity index (χ1) is 11.2. The summed E-state index contributed by atoms with van der Waals surface area (Å²) in [6.45, 7) is 0.810. The van der Waals surface area contributed by atoms with Crippen LogP contribution in [-0.4, -0.2) is 36.3 Å². The quantitative estimate of drug-likeness (QED) is 0.652. The smallest absolute Gasteiger partial charge is 0.259 e. The Labute approximate surface area is 135 Å². The maximum Gasteiger partial charge on any atom is 0.259 e. The Morgan fingerprint density at radius 2 is 2.13 bits per heavy atom. The molecule has 0 aliphatic carbocycles. The van der Waals surface area contributed by atoms with Gasteiger partial charge in [-0.15, -0.1) is 0 Å². The number of pyridine rings is 1. The van der Waals surface area contributed by atoms with Crippen LogP contribution >= 0.6 is 0 Å². The summed E-state index contributed by atoms with van der Waals surface area (Å²) in [5.41, 5.74) is 1.13. The molecule has 6 heteroatoms. The molecule has 3 N–H and O–H groups in total. The Bertz CT molecular complexity index is 646. The summed E-state index contributed by atoms with van der Waals surface area (Å²) in [4.78, 5) is 16.7. The summed E-state index contributed by atoms with van der Waals surface area (Å²) in [7, 11) is 1.58. The molecule has 0 spiro atoms. The third-order valence-electron chi connectivity index (χ3n) is 3.26. The number of aromatic nitrogens is 1. The van der Waals surface area contributed by atoms with Gasteiger partial charge in [0.1, 0.15) is 11.6 Å². The van der Waals surface area contributed by atoms with Gasteiger partial charge in [0, 0.05) is 31.1 Å². The van der Waals surface area contributed by atoms with Crippen LogP contribution in [0, 0.1) is 0 Å². The average Bonchev–Trinajstić information content (AvgIpc) is 2.59. The van der Waals surface area contributed by atoms with Crippen LogP contribution in [0.25, 0.3) is 0 Å². The van der Waals surface area contributed by atoms with Gasteiger partial charge in [0.2, 0.25) is 0 Å². The van der Waals surface area contributed by atoms with Gasteiger partial charge in [-0.1, -0.05) is 6.07 Å². The number of rotatable bonds is 8. The maximum absolute atomic E-state index is 12.5. The van der Waals surface area contributed by atoms with Gasteiger partial charge in [-0.25, -0.2) is 4.98 Å². The number of benzene rings is 1. The minimum atomic E-state index is -0.240. The zero-order chi connectivity index (χ0) is 16.5. The number of nitrogens with one attached hydrogen (secondary N) is 2. The van der Waals surface area contributed by atoms with Crippen LogP contribution in [0.2, 0.25) is 0 Å². The predicted molar refractivity (Wildman–Crippen MR) is 90.0 cm³/mol. The molecule has 0 saturated heterocycles. The van der Waals surface area contributed by atoms with Crippen molar-refractivity contribution < 1.29 is 14.6 Å². The molecule has 1 aromatic carbocycles. The van der Waals surface area contributed by atoms with Crippen LogP contribution in [0.15, 0.2) is 42.6 Å². The molecule has 1 heterocycles. The number of carbonyl (C=O) groups is 1. The zero-order valence-electron chi connectivity index (χ0n) is 13.1. The fourth-order valence-electron chi connectivity index (χ4n) is 2.07. The fourth-order valence-corrected chi connectivity index (χ4v) is 2.07. The van der Waals surface area contributed by atoms with Crippen molar-refractivity contribution in [3.05, 3.63) is 48.2 Å². The lowest BCUT2D eigenvalue weighted by Crippen LogP contribution is -2.16. The number of hydrogen-bond acceptors (Lipinski definition) is 5. The molecule has 1 aromatic heterocycles. The van der Waals surface area contributed by atoms with Crippen LogP contribution in [0.4, 0.5) is 11.5 Å². The summed E-state index contributed by atoms with van der Waals surface area (Å²) >= 11 is 0. The first kappa shape index (κ1) is 16.8. The third kappa shape index (κ3) is 4.96. The second-order valence-electron chi connectivity index (χ2n) is 4.94. The number of aliphatic hydroxyl groups excluding tert-OH is 1. The highest BCUT2D eigenvalue weighted by Crippen LogP contribution is 2.19. The van der Waals surface area contributed by atoms with Gasteiger partial charge < -0.3 is 20.5 Å². The Morgan fingerprint density at radius 1 is 1.26 bits per heavy atom. The van der Waals surface area contributed by atoms with Crippen LogP contribution in [-0.2, 0) is 0 Å². The SMILES string of the molecule is COc1cccc(NC(=O)c2cccnc2NCCCCO)c1. The number of unbranched alkanes of at least 4 members (excludes halogenated alkanes) is 1. The van der Waals surface area contributed by atoms with Crippen LogP contribution in [0.5, 0.6) is 5.75 Å². The number of hydrogen-bond donors (Lipinski definition) is 3. The molecule has 23 heavy (non-hydrogen) atoms. The minimum absolute atomic E-state index is 0.160. The number of carbonyl (C=O) groups excluding carboxylic acids is 1. The van der Waals surface area contributed by atoms with Crippen molar-refractivity contribution in [2.24, 2.45) is 0 Å². The maximum atomic E-state index is 12.5. The van der Waals surface area contributed by atoms with E-state index in [1.165, 1.54) is 0 Å². The highest BCUT2D eigenvalue weighted by molar-refractivity contribution is 6.07. The standard InChI is InChI=1S/C17H21N3O3/c1-23-14-7-4-6-13(12-14)20-17(22)15-8-5-10-19-16(15)18-9-2-3-11-21/h4-8,10,12,21H,2-3,9,11H2,1H3,(H,18,19)(H,20,22). The molecular weight excluding hydrogens is 294 g/mol. The van der Waals surface area contributed by atoms with E-state index in [1.54, 1.807) is 37.6 Å². The summed E-state index contributed by atoms with van der Waals surface area (Å²) < 4.78 is 5.15. The number of aliphatic hydroxyl groups is 1. The van der Waals surface area contributed by atoms with E-state index in [0.717, 1.165) is 6.42 Å². The zero-order valence-corrected chi connectivity index (χ0v) is 13.1. The summed E-state index contributed by atoms with van der Waals surface area (Å²) in [5, 5.41) is 14.8. The summed E-state index contributed by atoms with van der Waals surface area (Å²) in [5.74, 6) is 0.971. The van der Waals surface area contributed by atoms with E-state index in [0.29, 0.717) is 35.8 Å². The van der Waals surface area contributed by atoms with Crippen molar-refractivity contribution in [3.8, 4) is 5.75 Å². The number of anilines is 2. The van der Waals surface area contributed by atoms with Crippen molar-refractivity contribution in [1.29, 1.82) is 0 Å². The van der Waals surface area contributed by atoms with E-state index in [2.05, 4.69) is 15.6 Å². The first-order valence-electron chi connectivity index (χ1n) is 7.49. The second-order valence-corrected chi connectivity index (χ2v) is 4.94. The van der Waals surface area contributed by atoms with Crippen molar-refractivity contribution >= 4 is 17.4 Å². The monoisotopic (exact) mass is 315 g/mol. The average molecular weight is 315 g/mol. The second kappa shape index (κ2) is 8.75. The molecule has 0 radical (unpaired) electrons. The predicted octanol–water partition coefficient (Wildman–Crippen LogP) is 2.53. The van der Waals surface area contributed by atoms with E-state index in [1.807, 2.05) is 12.1 Å². The number of nitrogens with zero attached hydrogens (tertiary/aromatic N) is 1. The Hall–Kier alpha value is -2.60. The van der Waals surface area contributed by atoms with E-state index in [9.17, 15) is 4.79 Å². The molecule has 0 unspecified atom stereocenters. The first-order valence-corrected chi connectivity index (χ1v) is 7.49. The number of methoxy groups -OCH3 is 1.